The van der Waals surface area contributed by atoms with Crippen LogP contribution in [0.15, 0.2) is 63.7 Å². The Balaban J connectivity index is 1.43. The Labute approximate surface area is 194 Å². The van der Waals surface area contributed by atoms with Crippen molar-refractivity contribution in [3.05, 3.63) is 70.7 Å². The highest BCUT2D eigenvalue weighted by atomic mass is 79.9. The fourth-order valence-corrected chi connectivity index (χ4v) is 3.79. The summed E-state index contributed by atoms with van der Waals surface area (Å²) in [5, 5.41) is 23.9. The molecule has 3 aromatic heterocycles. The summed E-state index contributed by atoms with van der Waals surface area (Å²) in [4.78, 5) is 25.4. The van der Waals surface area contributed by atoms with Gasteiger partial charge in [0.25, 0.3) is 11.8 Å². The predicted molar refractivity (Wildman–Crippen MR) is 123 cm³/mol. The van der Waals surface area contributed by atoms with Crippen LogP contribution < -0.4 is 10.6 Å². The van der Waals surface area contributed by atoms with E-state index in [0.29, 0.717) is 28.5 Å². The minimum Gasteiger partial charge on any atom is -0.351 e. The highest BCUT2D eigenvalue weighted by Crippen LogP contribution is 2.29. The second-order valence-electron chi connectivity index (χ2n) is 7.09. The first-order chi connectivity index (χ1) is 16.0. The Hall–Kier alpha value is -4.32. The SMILES string of the molecule is Cn1c(C(=O)Nc2ccc(Br)cc2-c2nnn[nH]2)cc2ccc(NC(=O)c3ccno3)cc21. The van der Waals surface area contributed by atoms with Gasteiger partial charge in [-0.25, -0.2) is 5.10 Å². The quantitative estimate of drug-likeness (QED) is 0.330. The van der Waals surface area contributed by atoms with Gasteiger partial charge in [0.05, 0.1) is 17.4 Å². The van der Waals surface area contributed by atoms with Crippen LogP contribution in [0.25, 0.3) is 22.3 Å². The van der Waals surface area contributed by atoms with Gasteiger partial charge in [0.15, 0.2) is 5.82 Å². The third-order valence-corrected chi connectivity index (χ3v) is 5.52. The zero-order valence-corrected chi connectivity index (χ0v) is 18.6. The first kappa shape index (κ1) is 20.6. The maximum atomic E-state index is 13.1. The molecule has 3 heterocycles. The molecule has 0 spiro atoms. The topological polar surface area (TPSA) is 144 Å². The average Bonchev–Trinajstić information content (AvgIpc) is 3.57. The van der Waals surface area contributed by atoms with Crippen LogP contribution in [0.1, 0.15) is 21.0 Å². The second kappa shape index (κ2) is 8.31. The van der Waals surface area contributed by atoms with Crippen molar-refractivity contribution in [3.63, 3.8) is 0 Å². The third-order valence-electron chi connectivity index (χ3n) is 5.03. The molecule has 0 fully saturated rings. The Kier molecular flexibility index (Phi) is 5.18. The number of hydrogen-bond acceptors (Lipinski definition) is 7. The molecule has 3 N–H and O–H groups in total. The lowest BCUT2D eigenvalue weighted by Gasteiger charge is -2.10. The van der Waals surface area contributed by atoms with Gasteiger partial charge in [-0.2, -0.15) is 0 Å². The summed E-state index contributed by atoms with van der Waals surface area (Å²) in [6, 6.07) is 14.0. The Morgan fingerprint density at radius 1 is 1.06 bits per heavy atom. The molecular formula is C21H15BrN8O3. The van der Waals surface area contributed by atoms with E-state index in [9.17, 15) is 9.59 Å². The van der Waals surface area contributed by atoms with Gasteiger partial charge in [-0.1, -0.05) is 27.2 Å². The molecule has 0 atom stereocenters. The molecule has 0 saturated heterocycles. The van der Waals surface area contributed by atoms with Gasteiger partial charge in [0.2, 0.25) is 5.76 Å². The van der Waals surface area contributed by atoms with Crippen molar-refractivity contribution in [1.29, 1.82) is 0 Å². The monoisotopic (exact) mass is 506 g/mol. The molecule has 0 aliphatic heterocycles. The van der Waals surface area contributed by atoms with Crippen molar-refractivity contribution >= 4 is 50.0 Å². The lowest BCUT2D eigenvalue weighted by molar-refractivity contribution is 0.0986. The molecule has 12 heteroatoms. The standard InChI is InChI=1S/C21H15BrN8O3/c1-30-16-10-13(24-21(32)18-6-7-23-33-18)4-2-11(16)8-17(30)20(31)25-15-5-3-12(22)9-14(15)19-26-28-29-27-19/h2-10H,1H3,(H,24,32)(H,25,31)(H,26,27,28,29). The summed E-state index contributed by atoms with van der Waals surface area (Å²) in [6.45, 7) is 0. The first-order valence-electron chi connectivity index (χ1n) is 9.66. The maximum Gasteiger partial charge on any atom is 0.294 e. The molecule has 33 heavy (non-hydrogen) atoms. The number of H-pyrrole nitrogens is 1. The number of carbonyl (C=O) groups excluding carboxylic acids is 2. The summed E-state index contributed by atoms with van der Waals surface area (Å²) in [5.41, 5.74) is 2.95. The molecular weight excluding hydrogens is 492 g/mol. The molecule has 0 bridgehead atoms. The van der Waals surface area contributed by atoms with Crippen LogP contribution >= 0.6 is 15.9 Å². The summed E-state index contributed by atoms with van der Waals surface area (Å²) < 4.78 is 7.45. The van der Waals surface area contributed by atoms with E-state index >= 15 is 0 Å². The minimum absolute atomic E-state index is 0.106. The number of hydrogen-bond donors (Lipinski definition) is 3. The Morgan fingerprint density at radius 2 is 1.94 bits per heavy atom. The van der Waals surface area contributed by atoms with Gasteiger partial charge >= 0.3 is 0 Å². The van der Waals surface area contributed by atoms with E-state index < -0.39 is 5.91 Å². The van der Waals surface area contributed by atoms with E-state index in [1.807, 2.05) is 18.2 Å². The fourth-order valence-electron chi connectivity index (χ4n) is 3.43. The van der Waals surface area contributed by atoms with Gasteiger partial charge < -0.3 is 19.7 Å². The first-order valence-corrected chi connectivity index (χ1v) is 10.5. The average molecular weight is 507 g/mol. The summed E-state index contributed by atoms with van der Waals surface area (Å²) in [6.07, 6.45) is 1.40. The van der Waals surface area contributed by atoms with Crippen LogP contribution in [0, 0.1) is 0 Å². The highest BCUT2D eigenvalue weighted by molar-refractivity contribution is 9.10. The molecule has 5 aromatic rings. The van der Waals surface area contributed by atoms with E-state index in [4.69, 9.17) is 4.52 Å². The number of halogens is 1. The number of nitrogens with zero attached hydrogens (tertiary/aromatic N) is 5. The zero-order chi connectivity index (χ0) is 22.9. The molecule has 2 amide bonds. The van der Waals surface area contributed by atoms with Crippen LogP contribution in [0.5, 0.6) is 0 Å². The van der Waals surface area contributed by atoms with Crippen molar-refractivity contribution in [1.82, 2.24) is 30.3 Å². The number of anilines is 2. The number of rotatable bonds is 5. The van der Waals surface area contributed by atoms with Crippen molar-refractivity contribution < 1.29 is 14.1 Å². The van der Waals surface area contributed by atoms with Crippen LogP contribution in [0.2, 0.25) is 0 Å². The zero-order valence-electron chi connectivity index (χ0n) is 17.0. The van der Waals surface area contributed by atoms with E-state index in [0.717, 1.165) is 15.4 Å². The van der Waals surface area contributed by atoms with Gasteiger partial charge in [-0.05, 0) is 46.8 Å². The molecule has 0 aliphatic carbocycles. The number of aromatic nitrogens is 6. The number of nitrogens with one attached hydrogen (secondary N) is 3. The molecule has 2 aromatic carbocycles. The summed E-state index contributed by atoms with van der Waals surface area (Å²) in [7, 11) is 1.78. The van der Waals surface area contributed by atoms with E-state index in [-0.39, 0.29) is 11.7 Å². The van der Waals surface area contributed by atoms with Gasteiger partial charge in [-0.15, -0.1) is 5.10 Å². The molecule has 0 unspecified atom stereocenters. The number of carbonyl (C=O) groups is 2. The lowest BCUT2D eigenvalue weighted by Crippen LogP contribution is -2.16. The third kappa shape index (κ3) is 3.99. The van der Waals surface area contributed by atoms with Crippen molar-refractivity contribution in [3.8, 4) is 11.4 Å². The van der Waals surface area contributed by atoms with Crippen molar-refractivity contribution in [2.24, 2.45) is 7.05 Å². The van der Waals surface area contributed by atoms with Crippen molar-refractivity contribution in [2.75, 3.05) is 10.6 Å². The number of benzene rings is 2. The number of amides is 2. The van der Waals surface area contributed by atoms with E-state index in [1.54, 1.807) is 35.9 Å². The van der Waals surface area contributed by atoms with Gasteiger partial charge in [0.1, 0.15) is 5.69 Å². The fraction of sp³-hybridized carbons (Fsp3) is 0.0476. The predicted octanol–water partition coefficient (Wildman–Crippen LogP) is 3.61. The number of fused-ring (bicyclic) bond motifs is 1. The summed E-state index contributed by atoms with van der Waals surface area (Å²) >= 11 is 3.43. The lowest BCUT2D eigenvalue weighted by atomic mass is 10.1. The van der Waals surface area contributed by atoms with Crippen LogP contribution in [0.4, 0.5) is 11.4 Å². The van der Waals surface area contributed by atoms with Crippen LogP contribution in [-0.4, -0.2) is 42.2 Å². The van der Waals surface area contributed by atoms with Gasteiger partial charge in [0, 0.05) is 34.2 Å². The van der Waals surface area contributed by atoms with E-state index in [1.165, 1.54) is 12.3 Å². The number of aromatic amines is 1. The van der Waals surface area contributed by atoms with Crippen molar-refractivity contribution in [2.45, 2.75) is 0 Å². The largest absolute Gasteiger partial charge is 0.351 e. The number of tetrazole rings is 1. The maximum absolute atomic E-state index is 13.1. The normalized spacial score (nSPS) is 11.0. The number of aryl methyl sites for hydroxylation is 1. The van der Waals surface area contributed by atoms with Crippen LogP contribution in [-0.2, 0) is 7.05 Å². The molecule has 0 radical (unpaired) electrons. The smallest absolute Gasteiger partial charge is 0.294 e. The molecule has 164 valence electrons. The van der Waals surface area contributed by atoms with Crippen LogP contribution in [0.3, 0.4) is 0 Å². The van der Waals surface area contributed by atoms with Gasteiger partial charge in [-0.3, -0.25) is 9.59 Å². The van der Waals surface area contributed by atoms with E-state index in [2.05, 4.69) is 52.3 Å². The molecule has 5 rings (SSSR count). The molecule has 11 nitrogen and oxygen atoms in total. The Bertz CT molecular complexity index is 1480. The summed E-state index contributed by atoms with van der Waals surface area (Å²) in [5.74, 6) is -0.189. The molecule has 0 saturated carbocycles. The Morgan fingerprint density at radius 3 is 2.70 bits per heavy atom. The second-order valence-corrected chi connectivity index (χ2v) is 8.00. The molecule has 0 aliphatic rings. The highest BCUT2D eigenvalue weighted by Gasteiger charge is 2.18. The minimum atomic E-state index is -0.413.